The quantitative estimate of drug-likeness (QED) is 0.196. The van der Waals surface area contributed by atoms with Crippen LogP contribution in [0.4, 0.5) is 52.7 Å². The Bertz CT molecular complexity index is 439. The van der Waals surface area contributed by atoms with Gasteiger partial charge in [0.15, 0.2) is 0 Å². The van der Waals surface area contributed by atoms with Gasteiger partial charge in [-0.25, -0.2) is 0 Å². The predicted molar refractivity (Wildman–Crippen MR) is 87.3 cm³/mol. The molecule has 0 aromatic heterocycles. The van der Waals surface area contributed by atoms with Crippen molar-refractivity contribution in [2.45, 2.75) is 24.7 Å². The van der Waals surface area contributed by atoms with E-state index in [1.165, 1.54) is 0 Å². The van der Waals surface area contributed by atoms with Crippen LogP contribution in [0.3, 0.4) is 0 Å². The number of rotatable bonds is 4. The van der Waals surface area contributed by atoms with E-state index in [0.717, 1.165) is 0 Å². The Morgan fingerprint density at radius 3 is 0.724 bits per heavy atom. The summed E-state index contributed by atoms with van der Waals surface area (Å²) in [5.74, 6) is 0. The van der Waals surface area contributed by atoms with Crippen LogP contribution in [0.25, 0.3) is 0 Å². The number of hydrogen-bond acceptors (Lipinski definition) is 4. The molecule has 0 atom stereocenters. The van der Waals surface area contributed by atoms with Gasteiger partial charge in [-0.05, 0) is 0 Å². The summed E-state index contributed by atoms with van der Waals surface area (Å²) in [7, 11) is 0. The molecule has 0 aromatic carbocycles. The van der Waals surface area contributed by atoms with Crippen molar-refractivity contribution in [3.05, 3.63) is 0 Å². The number of thiocarbonyl (C=S) groups is 2. The summed E-state index contributed by atoms with van der Waals surface area (Å²) < 4.78 is 139. The SMILES string of the molecule is FC(F)(F)CN(CC(F)(F)F)C(=S)[S-].FC(F)(F)CN(CC(F)(F)F)C(=S)[S-].[Cd+2]. The summed E-state index contributed by atoms with van der Waals surface area (Å²) in [5, 5.41) is 0. The van der Waals surface area contributed by atoms with Gasteiger partial charge in [0.05, 0.1) is 0 Å². The molecule has 0 unspecified atom stereocenters. The van der Waals surface area contributed by atoms with Crippen molar-refractivity contribution >= 4 is 58.3 Å². The van der Waals surface area contributed by atoms with Gasteiger partial charge in [0.25, 0.3) is 0 Å². The Labute approximate surface area is 198 Å². The first-order chi connectivity index (χ1) is 12.0. The van der Waals surface area contributed by atoms with Gasteiger partial charge < -0.3 is 59.5 Å². The third kappa shape index (κ3) is 24.4. The molecular weight excluding hydrogens is 617 g/mol. The van der Waals surface area contributed by atoms with Gasteiger partial charge in [-0.1, -0.05) is 8.64 Å². The minimum atomic E-state index is -4.76. The topological polar surface area (TPSA) is 6.48 Å². The van der Waals surface area contributed by atoms with Crippen molar-refractivity contribution in [1.29, 1.82) is 0 Å². The fourth-order valence-electron chi connectivity index (χ4n) is 1.24. The number of hydrogen-bond donors (Lipinski definition) is 0. The fourth-order valence-corrected chi connectivity index (χ4v) is 1.75. The van der Waals surface area contributed by atoms with Gasteiger partial charge in [0.2, 0.25) is 0 Å². The molecule has 0 aliphatic carbocycles. The fraction of sp³-hybridized carbons (Fsp3) is 0.800. The van der Waals surface area contributed by atoms with E-state index in [4.69, 9.17) is 0 Å². The van der Waals surface area contributed by atoms with Crippen LogP contribution >= 0.6 is 24.4 Å². The Balaban J connectivity index is -0.000000451. The molecule has 29 heavy (non-hydrogen) atoms. The second-order valence-electron chi connectivity index (χ2n) is 4.70. The molecule has 168 valence electrons. The van der Waals surface area contributed by atoms with Gasteiger partial charge in [-0.3, -0.25) is 0 Å². The van der Waals surface area contributed by atoms with Crippen LogP contribution in [0, 0.1) is 0 Å². The molecule has 0 amide bonds. The minimum absolute atomic E-state index is 0. The zero-order valence-electron chi connectivity index (χ0n) is 13.6. The molecule has 0 aliphatic heterocycles. The van der Waals surface area contributed by atoms with Crippen molar-refractivity contribution < 1.29 is 80.0 Å². The van der Waals surface area contributed by atoms with E-state index < -0.39 is 59.5 Å². The average molecular weight is 625 g/mol. The normalized spacial score (nSPS) is 12.3. The van der Waals surface area contributed by atoms with Crippen LogP contribution in [0.1, 0.15) is 0 Å². The van der Waals surface area contributed by atoms with Gasteiger partial charge in [0, 0.05) is 0 Å². The van der Waals surface area contributed by atoms with Gasteiger partial charge in [0.1, 0.15) is 26.2 Å². The summed E-state index contributed by atoms with van der Waals surface area (Å²) in [5.41, 5.74) is 0. The minimum Gasteiger partial charge on any atom is -0.411 e. The molecule has 19 heteroatoms. The molecule has 0 fully saturated rings. The Hall–Kier alpha value is 0.302. The molecule has 0 saturated heterocycles. The van der Waals surface area contributed by atoms with Crippen LogP contribution in [0.15, 0.2) is 0 Å². The predicted octanol–water partition coefficient (Wildman–Crippen LogP) is 4.49. The van der Waals surface area contributed by atoms with Gasteiger partial charge >= 0.3 is 52.0 Å². The number of alkyl halides is 12. The Morgan fingerprint density at radius 2 is 0.655 bits per heavy atom. The molecule has 0 heterocycles. The maximum absolute atomic E-state index is 11.7. The van der Waals surface area contributed by atoms with Crippen LogP contribution in [0.5, 0.6) is 0 Å². The first-order valence-corrected chi connectivity index (χ1v) is 7.84. The molecule has 0 rings (SSSR count). The van der Waals surface area contributed by atoms with E-state index in [1.807, 2.05) is 0 Å². The Morgan fingerprint density at radius 1 is 0.517 bits per heavy atom. The first kappa shape index (κ1) is 33.9. The molecule has 0 spiro atoms. The molecule has 2 nitrogen and oxygen atoms in total. The van der Waals surface area contributed by atoms with Gasteiger partial charge in [-0.15, -0.1) is 0 Å². The van der Waals surface area contributed by atoms with Crippen molar-refractivity contribution in [3.8, 4) is 0 Å². The molecular formula is C10H8CdF12N2S4. The van der Waals surface area contributed by atoms with Crippen LogP contribution in [0.2, 0.25) is 0 Å². The summed E-state index contributed by atoms with van der Waals surface area (Å²) in [6.07, 6.45) is -19.0. The third-order valence-corrected chi connectivity index (χ3v) is 3.03. The molecule has 0 aliphatic rings. The third-order valence-electron chi connectivity index (χ3n) is 2.00. The van der Waals surface area contributed by atoms with E-state index >= 15 is 0 Å². The second kappa shape index (κ2) is 13.0. The van der Waals surface area contributed by atoms with E-state index in [1.54, 1.807) is 0 Å². The van der Waals surface area contributed by atoms with E-state index in [2.05, 4.69) is 49.7 Å². The van der Waals surface area contributed by atoms with Crippen molar-refractivity contribution in [2.24, 2.45) is 0 Å². The molecule has 0 bridgehead atoms. The van der Waals surface area contributed by atoms with E-state index in [0.29, 0.717) is 0 Å². The maximum Gasteiger partial charge on any atom is 2.00 e. The molecule has 0 N–H and O–H groups in total. The molecule has 0 aromatic rings. The Kier molecular flexibility index (Phi) is 15.2. The van der Waals surface area contributed by atoms with Crippen molar-refractivity contribution in [1.82, 2.24) is 9.80 Å². The van der Waals surface area contributed by atoms with E-state index in [9.17, 15) is 52.7 Å². The molecule has 0 saturated carbocycles. The summed E-state index contributed by atoms with van der Waals surface area (Å²) in [4.78, 5) is -0.241. The maximum atomic E-state index is 11.7. The van der Waals surface area contributed by atoms with Crippen LogP contribution in [-0.4, -0.2) is 69.3 Å². The second-order valence-corrected chi connectivity index (χ2v) is 6.77. The summed E-state index contributed by atoms with van der Waals surface area (Å²) in [6, 6.07) is 0. The monoisotopic (exact) mass is 626 g/mol. The van der Waals surface area contributed by atoms with Crippen LogP contribution < -0.4 is 0 Å². The van der Waals surface area contributed by atoms with Crippen molar-refractivity contribution in [3.63, 3.8) is 0 Å². The standard InChI is InChI=1S/2C5H5F6NS2.Cd/c2*6-4(7,8)1-12(3(13)14)2-5(9,10)11;/h2*1-2H2,(H,13,14);/q;;+2/p-2. The number of nitrogens with zero attached hydrogens (tertiary/aromatic N) is 2. The first-order valence-electron chi connectivity index (χ1n) is 6.21. The van der Waals surface area contributed by atoms with Crippen molar-refractivity contribution in [2.75, 3.05) is 26.2 Å². The summed E-state index contributed by atoms with van der Waals surface area (Å²) in [6.45, 7) is -7.13. The summed E-state index contributed by atoms with van der Waals surface area (Å²) >= 11 is 16.4. The van der Waals surface area contributed by atoms with Crippen LogP contribution in [-0.2, 0) is 52.6 Å². The smallest absolute Gasteiger partial charge is 0.411 e. The zero-order chi connectivity index (χ0) is 23.1. The van der Waals surface area contributed by atoms with Gasteiger partial charge in [-0.2, -0.15) is 52.7 Å². The van der Waals surface area contributed by atoms with E-state index in [-0.39, 0.29) is 37.1 Å². The average Bonchev–Trinajstić information content (AvgIpc) is 2.30. The number of halogens is 12. The zero-order valence-corrected chi connectivity index (χ0v) is 20.9. The largest absolute Gasteiger partial charge is 2.00 e. The molecule has 0 radical (unpaired) electrons.